The number of hydrogen-bond acceptors (Lipinski definition) is 3. The Kier molecular flexibility index (Phi) is 6.56. The SMILES string of the molecule is CCNC(=NCC1CCN(c2cccc(OC)c2)C1)NC(C)C. The molecule has 128 valence electrons. The molecule has 0 radical (unpaired) electrons. The van der Waals surface area contributed by atoms with E-state index in [1.165, 1.54) is 12.1 Å². The molecule has 0 amide bonds. The van der Waals surface area contributed by atoms with E-state index < -0.39 is 0 Å². The molecule has 0 aliphatic carbocycles. The molecule has 1 unspecified atom stereocenters. The maximum atomic E-state index is 5.32. The summed E-state index contributed by atoms with van der Waals surface area (Å²) < 4.78 is 5.32. The summed E-state index contributed by atoms with van der Waals surface area (Å²) >= 11 is 0. The molecule has 1 atom stereocenters. The van der Waals surface area contributed by atoms with Crippen LogP contribution in [-0.4, -0.2) is 45.3 Å². The van der Waals surface area contributed by atoms with Crippen LogP contribution in [0.3, 0.4) is 0 Å². The second-order valence-corrected chi connectivity index (χ2v) is 6.32. The molecular weight excluding hydrogens is 288 g/mol. The zero-order valence-electron chi connectivity index (χ0n) is 14.8. The molecule has 0 spiro atoms. The third-order valence-corrected chi connectivity index (χ3v) is 3.98. The lowest BCUT2D eigenvalue weighted by Gasteiger charge is -2.19. The number of nitrogens with one attached hydrogen (secondary N) is 2. The Morgan fingerprint density at radius 2 is 2.26 bits per heavy atom. The minimum Gasteiger partial charge on any atom is -0.497 e. The highest BCUT2D eigenvalue weighted by Crippen LogP contribution is 2.26. The molecule has 0 bridgehead atoms. The van der Waals surface area contributed by atoms with Gasteiger partial charge in [-0.1, -0.05) is 6.07 Å². The van der Waals surface area contributed by atoms with Crippen LogP contribution in [0.15, 0.2) is 29.3 Å². The fourth-order valence-electron chi connectivity index (χ4n) is 2.84. The Morgan fingerprint density at radius 1 is 1.43 bits per heavy atom. The van der Waals surface area contributed by atoms with E-state index in [0.717, 1.165) is 37.9 Å². The molecule has 1 fully saturated rings. The maximum absolute atomic E-state index is 5.32. The summed E-state index contributed by atoms with van der Waals surface area (Å²) in [5, 5.41) is 6.68. The standard InChI is InChI=1S/C18H30N4O/c1-5-19-18(21-14(2)3)20-12-15-9-10-22(13-15)16-7-6-8-17(11-16)23-4/h6-8,11,14-15H,5,9-10,12-13H2,1-4H3,(H2,19,20,21). The molecule has 23 heavy (non-hydrogen) atoms. The van der Waals surface area contributed by atoms with Gasteiger partial charge in [0, 0.05) is 44.0 Å². The van der Waals surface area contributed by atoms with Gasteiger partial charge in [-0.05, 0) is 45.2 Å². The van der Waals surface area contributed by atoms with E-state index in [0.29, 0.717) is 12.0 Å². The topological polar surface area (TPSA) is 48.9 Å². The molecule has 2 rings (SSSR count). The number of methoxy groups -OCH3 is 1. The largest absolute Gasteiger partial charge is 0.497 e. The van der Waals surface area contributed by atoms with Crippen molar-refractivity contribution in [3.63, 3.8) is 0 Å². The summed E-state index contributed by atoms with van der Waals surface area (Å²) in [6.45, 7) is 10.2. The van der Waals surface area contributed by atoms with Gasteiger partial charge in [0.15, 0.2) is 5.96 Å². The van der Waals surface area contributed by atoms with E-state index in [4.69, 9.17) is 9.73 Å². The molecule has 1 heterocycles. The van der Waals surface area contributed by atoms with Crippen molar-refractivity contribution in [3.8, 4) is 5.75 Å². The quantitative estimate of drug-likeness (QED) is 0.625. The number of anilines is 1. The summed E-state index contributed by atoms with van der Waals surface area (Å²) in [5.41, 5.74) is 1.24. The number of nitrogens with zero attached hydrogens (tertiary/aromatic N) is 2. The molecular formula is C18H30N4O. The molecule has 1 aromatic rings. The first kappa shape index (κ1) is 17.4. The molecule has 0 aromatic heterocycles. The minimum atomic E-state index is 0.393. The number of hydrogen-bond donors (Lipinski definition) is 2. The van der Waals surface area contributed by atoms with Crippen molar-refractivity contribution in [2.45, 2.75) is 33.2 Å². The van der Waals surface area contributed by atoms with Gasteiger partial charge in [0.25, 0.3) is 0 Å². The zero-order valence-corrected chi connectivity index (χ0v) is 14.8. The van der Waals surface area contributed by atoms with Gasteiger partial charge >= 0.3 is 0 Å². The number of ether oxygens (including phenoxy) is 1. The zero-order chi connectivity index (χ0) is 16.7. The molecule has 5 heteroatoms. The molecule has 1 saturated heterocycles. The van der Waals surface area contributed by atoms with E-state index >= 15 is 0 Å². The van der Waals surface area contributed by atoms with Crippen LogP contribution in [-0.2, 0) is 0 Å². The van der Waals surface area contributed by atoms with E-state index in [9.17, 15) is 0 Å². The predicted molar refractivity (Wildman–Crippen MR) is 97.6 cm³/mol. The van der Waals surface area contributed by atoms with Crippen molar-refractivity contribution in [2.24, 2.45) is 10.9 Å². The molecule has 1 aliphatic heterocycles. The van der Waals surface area contributed by atoms with E-state index in [2.05, 4.69) is 54.5 Å². The Morgan fingerprint density at radius 3 is 2.96 bits per heavy atom. The van der Waals surface area contributed by atoms with Crippen molar-refractivity contribution in [3.05, 3.63) is 24.3 Å². The lowest BCUT2D eigenvalue weighted by atomic mass is 10.1. The Hall–Kier alpha value is -1.91. The fourth-order valence-corrected chi connectivity index (χ4v) is 2.84. The summed E-state index contributed by atoms with van der Waals surface area (Å²) in [5.74, 6) is 2.44. The normalized spacial score (nSPS) is 18.4. The molecule has 1 aliphatic rings. The maximum Gasteiger partial charge on any atom is 0.191 e. The van der Waals surface area contributed by atoms with Crippen LogP contribution < -0.4 is 20.3 Å². The Bertz CT molecular complexity index is 515. The average molecular weight is 318 g/mol. The fraction of sp³-hybridized carbons (Fsp3) is 0.611. The molecule has 0 saturated carbocycles. The smallest absolute Gasteiger partial charge is 0.191 e. The highest BCUT2D eigenvalue weighted by atomic mass is 16.5. The summed E-state index contributed by atoms with van der Waals surface area (Å²) in [6, 6.07) is 8.69. The second kappa shape index (κ2) is 8.65. The third kappa shape index (κ3) is 5.34. The molecule has 2 N–H and O–H groups in total. The lowest BCUT2D eigenvalue weighted by Crippen LogP contribution is -2.41. The molecule has 5 nitrogen and oxygen atoms in total. The van der Waals surface area contributed by atoms with E-state index in [1.807, 2.05) is 6.07 Å². The Balaban J connectivity index is 1.91. The van der Waals surface area contributed by atoms with Gasteiger partial charge in [-0.2, -0.15) is 0 Å². The van der Waals surface area contributed by atoms with Crippen molar-refractivity contribution in [1.82, 2.24) is 10.6 Å². The highest BCUT2D eigenvalue weighted by Gasteiger charge is 2.22. The molecule has 1 aromatic carbocycles. The van der Waals surface area contributed by atoms with E-state index in [1.54, 1.807) is 7.11 Å². The van der Waals surface area contributed by atoms with Gasteiger partial charge in [-0.15, -0.1) is 0 Å². The summed E-state index contributed by atoms with van der Waals surface area (Å²) in [6.07, 6.45) is 1.18. The van der Waals surface area contributed by atoms with Crippen LogP contribution in [0.25, 0.3) is 0 Å². The predicted octanol–water partition coefficient (Wildman–Crippen LogP) is 2.49. The van der Waals surface area contributed by atoms with E-state index in [-0.39, 0.29) is 0 Å². The van der Waals surface area contributed by atoms with Gasteiger partial charge in [0.2, 0.25) is 0 Å². The van der Waals surface area contributed by atoms with Crippen molar-refractivity contribution in [1.29, 1.82) is 0 Å². The number of guanidine groups is 1. The van der Waals surface area contributed by atoms with Crippen molar-refractivity contribution in [2.75, 3.05) is 38.2 Å². The summed E-state index contributed by atoms with van der Waals surface area (Å²) in [7, 11) is 1.71. The van der Waals surface area contributed by atoms with Gasteiger partial charge in [-0.3, -0.25) is 4.99 Å². The first-order valence-corrected chi connectivity index (χ1v) is 8.56. The minimum absolute atomic E-state index is 0.393. The second-order valence-electron chi connectivity index (χ2n) is 6.32. The van der Waals surface area contributed by atoms with Crippen LogP contribution in [0.1, 0.15) is 27.2 Å². The lowest BCUT2D eigenvalue weighted by molar-refractivity contribution is 0.415. The van der Waals surface area contributed by atoms with Crippen LogP contribution in [0.4, 0.5) is 5.69 Å². The highest BCUT2D eigenvalue weighted by molar-refractivity contribution is 5.80. The summed E-state index contributed by atoms with van der Waals surface area (Å²) in [4.78, 5) is 7.16. The average Bonchev–Trinajstić information content (AvgIpc) is 3.01. The number of benzene rings is 1. The third-order valence-electron chi connectivity index (χ3n) is 3.98. The van der Waals surface area contributed by atoms with Gasteiger partial charge in [0.05, 0.1) is 7.11 Å². The van der Waals surface area contributed by atoms with Gasteiger partial charge < -0.3 is 20.3 Å². The number of aliphatic imine (C=N–C) groups is 1. The van der Waals surface area contributed by atoms with Crippen molar-refractivity contribution >= 4 is 11.6 Å². The number of rotatable bonds is 6. The van der Waals surface area contributed by atoms with Gasteiger partial charge in [-0.25, -0.2) is 0 Å². The van der Waals surface area contributed by atoms with Gasteiger partial charge in [0.1, 0.15) is 5.75 Å². The van der Waals surface area contributed by atoms with Crippen LogP contribution in [0.2, 0.25) is 0 Å². The first-order valence-electron chi connectivity index (χ1n) is 8.56. The van der Waals surface area contributed by atoms with Crippen LogP contribution in [0.5, 0.6) is 5.75 Å². The van der Waals surface area contributed by atoms with Crippen molar-refractivity contribution < 1.29 is 4.74 Å². The van der Waals surface area contributed by atoms with Crippen LogP contribution >= 0.6 is 0 Å². The van der Waals surface area contributed by atoms with Crippen LogP contribution in [0, 0.1) is 5.92 Å². The Labute approximate surface area is 140 Å². The first-order chi connectivity index (χ1) is 11.1. The monoisotopic (exact) mass is 318 g/mol.